The van der Waals surface area contributed by atoms with Crippen molar-refractivity contribution in [3.8, 4) is 11.4 Å². The summed E-state index contributed by atoms with van der Waals surface area (Å²) in [4.78, 5) is 15.5. The zero-order valence-electron chi connectivity index (χ0n) is 14.1. The molecule has 8 nitrogen and oxygen atoms in total. The Hall–Kier alpha value is -2.48. The minimum absolute atomic E-state index is 0.133. The van der Waals surface area contributed by atoms with Crippen molar-refractivity contribution < 1.29 is 9.53 Å². The molecule has 0 N–H and O–H groups in total. The minimum atomic E-state index is 0.133. The SMILES string of the molecule is CCOc1ccc(-n2nnnc2CN2CCN(C(C)=O)CC2)cc1. The van der Waals surface area contributed by atoms with Crippen LogP contribution in [0.2, 0.25) is 0 Å². The van der Waals surface area contributed by atoms with Crippen LogP contribution in [0.1, 0.15) is 19.7 Å². The number of ether oxygens (including phenoxy) is 1. The van der Waals surface area contributed by atoms with E-state index in [-0.39, 0.29) is 5.91 Å². The Labute approximate surface area is 141 Å². The van der Waals surface area contributed by atoms with Crippen LogP contribution >= 0.6 is 0 Å². The number of carbonyl (C=O) groups excluding carboxylic acids is 1. The van der Waals surface area contributed by atoms with Crippen molar-refractivity contribution in [1.29, 1.82) is 0 Å². The van der Waals surface area contributed by atoms with Crippen LogP contribution in [0.5, 0.6) is 5.75 Å². The van der Waals surface area contributed by atoms with Gasteiger partial charge in [0.05, 0.1) is 18.8 Å². The van der Waals surface area contributed by atoms with Crippen molar-refractivity contribution in [2.75, 3.05) is 32.8 Å². The summed E-state index contributed by atoms with van der Waals surface area (Å²) in [5.41, 5.74) is 0.904. The van der Waals surface area contributed by atoms with Gasteiger partial charge in [-0.2, -0.15) is 4.68 Å². The smallest absolute Gasteiger partial charge is 0.219 e. The summed E-state index contributed by atoms with van der Waals surface area (Å²) in [6.45, 7) is 8.03. The van der Waals surface area contributed by atoms with Crippen molar-refractivity contribution in [2.24, 2.45) is 0 Å². The second-order valence-electron chi connectivity index (χ2n) is 5.72. The van der Waals surface area contributed by atoms with Crippen LogP contribution < -0.4 is 4.74 Å². The molecule has 1 saturated heterocycles. The van der Waals surface area contributed by atoms with Gasteiger partial charge in [-0.15, -0.1) is 5.10 Å². The van der Waals surface area contributed by atoms with Crippen LogP contribution in [0.4, 0.5) is 0 Å². The molecule has 1 amide bonds. The number of nitrogens with zero attached hydrogens (tertiary/aromatic N) is 6. The molecule has 1 aromatic heterocycles. The van der Waals surface area contributed by atoms with Gasteiger partial charge in [-0.05, 0) is 41.6 Å². The zero-order chi connectivity index (χ0) is 16.9. The van der Waals surface area contributed by atoms with Crippen molar-refractivity contribution in [1.82, 2.24) is 30.0 Å². The van der Waals surface area contributed by atoms with Crippen LogP contribution in [-0.2, 0) is 11.3 Å². The summed E-state index contributed by atoms with van der Waals surface area (Å²) in [6, 6.07) is 7.71. The van der Waals surface area contributed by atoms with Crippen LogP contribution in [0.25, 0.3) is 5.69 Å². The molecule has 0 bridgehead atoms. The molecule has 3 rings (SSSR count). The highest BCUT2D eigenvalue weighted by Gasteiger charge is 2.20. The number of piperazine rings is 1. The molecule has 128 valence electrons. The molecule has 0 saturated carbocycles. The highest BCUT2D eigenvalue weighted by molar-refractivity contribution is 5.73. The van der Waals surface area contributed by atoms with Crippen LogP contribution in [0, 0.1) is 0 Å². The van der Waals surface area contributed by atoms with Gasteiger partial charge in [-0.3, -0.25) is 9.69 Å². The minimum Gasteiger partial charge on any atom is -0.494 e. The maximum Gasteiger partial charge on any atom is 0.219 e. The first kappa shape index (κ1) is 16.4. The quantitative estimate of drug-likeness (QED) is 0.804. The standard InChI is InChI=1S/C16H22N6O2/c1-3-24-15-6-4-14(5-7-15)22-16(17-18-19-22)12-20-8-10-21(11-9-20)13(2)23/h4-7H,3,8-12H2,1-2H3. The number of carbonyl (C=O) groups is 1. The molecule has 0 spiro atoms. The predicted octanol–water partition coefficient (Wildman–Crippen LogP) is 0.725. The van der Waals surface area contributed by atoms with Gasteiger partial charge in [0.15, 0.2) is 5.82 Å². The average molecular weight is 330 g/mol. The molecule has 2 aromatic rings. The van der Waals surface area contributed by atoms with Gasteiger partial charge < -0.3 is 9.64 Å². The van der Waals surface area contributed by atoms with Crippen LogP contribution in [-0.4, -0.2) is 68.7 Å². The fraction of sp³-hybridized carbons (Fsp3) is 0.500. The molecule has 8 heteroatoms. The first-order valence-corrected chi connectivity index (χ1v) is 8.15. The Balaban J connectivity index is 1.66. The molecule has 1 aliphatic rings. The van der Waals surface area contributed by atoms with E-state index < -0.39 is 0 Å². The molecule has 0 aliphatic carbocycles. The lowest BCUT2D eigenvalue weighted by molar-refractivity contribution is -0.130. The Morgan fingerprint density at radius 2 is 1.88 bits per heavy atom. The molecule has 1 aliphatic heterocycles. The molecular formula is C16H22N6O2. The normalized spacial score (nSPS) is 15.5. The van der Waals surface area contributed by atoms with Gasteiger partial charge in [-0.1, -0.05) is 0 Å². The number of benzene rings is 1. The monoisotopic (exact) mass is 330 g/mol. The van der Waals surface area contributed by atoms with Crippen LogP contribution in [0.3, 0.4) is 0 Å². The Morgan fingerprint density at radius 3 is 2.50 bits per heavy atom. The maximum atomic E-state index is 11.4. The molecule has 1 aromatic carbocycles. The molecular weight excluding hydrogens is 308 g/mol. The van der Waals surface area contributed by atoms with E-state index in [9.17, 15) is 4.79 Å². The molecule has 0 atom stereocenters. The van der Waals surface area contributed by atoms with E-state index >= 15 is 0 Å². The lowest BCUT2D eigenvalue weighted by atomic mass is 10.3. The number of hydrogen-bond acceptors (Lipinski definition) is 6. The highest BCUT2D eigenvalue weighted by Crippen LogP contribution is 2.16. The maximum absolute atomic E-state index is 11.4. The Kier molecular flexibility index (Phi) is 5.05. The summed E-state index contributed by atoms with van der Waals surface area (Å²) >= 11 is 0. The first-order valence-electron chi connectivity index (χ1n) is 8.15. The van der Waals surface area contributed by atoms with Gasteiger partial charge in [0, 0.05) is 33.1 Å². The third kappa shape index (κ3) is 3.70. The van der Waals surface area contributed by atoms with E-state index in [1.165, 1.54) is 0 Å². The molecule has 0 unspecified atom stereocenters. The summed E-state index contributed by atoms with van der Waals surface area (Å²) in [5.74, 6) is 1.75. The summed E-state index contributed by atoms with van der Waals surface area (Å²) in [5, 5.41) is 12.0. The van der Waals surface area contributed by atoms with E-state index in [4.69, 9.17) is 4.74 Å². The van der Waals surface area contributed by atoms with Gasteiger partial charge in [0.2, 0.25) is 5.91 Å². The molecule has 24 heavy (non-hydrogen) atoms. The number of rotatable bonds is 5. The first-order chi connectivity index (χ1) is 11.7. The van der Waals surface area contributed by atoms with Crippen LogP contribution in [0.15, 0.2) is 24.3 Å². The fourth-order valence-corrected chi connectivity index (χ4v) is 2.78. The fourth-order valence-electron chi connectivity index (χ4n) is 2.78. The Bertz CT molecular complexity index is 676. The van der Waals surface area contributed by atoms with Gasteiger partial charge >= 0.3 is 0 Å². The largest absolute Gasteiger partial charge is 0.494 e. The summed E-state index contributed by atoms with van der Waals surface area (Å²) in [6.07, 6.45) is 0. The number of amides is 1. The lowest BCUT2D eigenvalue weighted by Gasteiger charge is -2.33. The number of aromatic nitrogens is 4. The van der Waals surface area contributed by atoms with E-state index in [1.807, 2.05) is 36.1 Å². The molecule has 2 heterocycles. The summed E-state index contributed by atoms with van der Waals surface area (Å²) < 4.78 is 7.20. The van der Waals surface area contributed by atoms with Crippen molar-refractivity contribution >= 4 is 5.91 Å². The Morgan fingerprint density at radius 1 is 1.17 bits per heavy atom. The van der Waals surface area contributed by atoms with Crippen molar-refractivity contribution in [3.63, 3.8) is 0 Å². The molecule has 0 radical (unpaired) electrons. The molecule has 1 fully saturated rings. The second kappa shape index (κ2) is 7.39. The third-order valence-electron chi connectivity index (χ3n) is 4.11. The zero-order valence-corrected chi connectivity index (χ0v) is 14.1. The van der Waals surface area contributed by atoms with E-state index in [0.717, 1.165) is 43.4 Å². The van der Waals surface area contributed by atoms with Crippen molar-refractivity contribution in [2.45, 2.75) is 20.4 Å². The topological polar surface area (TPSA) is 76.4 Å². The van der Waals surface area contributed by atoms with Gasteiger partial charge in [0.1, 0.15) is 5.75 Å². The van der Waals surface area contributed by atoms with Gasteiger partial charge in [0.25, 0.3) is 0 Å². The highest BCUT2D eigenvalue weighted by atomic mass is 16.5. The van der Waals surface area contributed by atoms with Crippen molar-refractivity contribution in [3.05, 3.63) is 30.1 Å². The summed E-state index contributed by atoms with van der Waals surface area (Å²) in [7, 11) is 0. The lowest BCUT2D eigenvalue weighted by Crippen LogP contribution is -2.47. The predicted molar refractivity (Wildman–Crippen MR) is 87.9 cm³/mol. The number of tetrazole rings is 1. The van der Waals surface area contributed by atoms with Gasteiger partial charge in [-0.25, -0.2) is 0 Å². The van der Waals surface area contributed by atoms with E-state index in [0.29, 0.717) is 13.2 Å². The number of hydrogen-bond donors (Lipinski definition) is 0. The average Bonchev–Trinajstić information content (AvgIpc) is 3.04. The van der Waals surface area contributed by atoms with E-state index in [1.54, 1.807) is 11.6 Å². The third-order valence-corrected chi connectivity index (χ3v) is 4.11. The second-order valence-corrected chi connectivity index (χ2v) is 5.72. The van der Waals surface area contributed by atoms with E-state index in [2.05, 4.69) is 20.4 Å².